The van der Waals surface area contributed by atoms with E-state index in [1.807, 2.05) is 24.3 Å². The summed E-state index contributed by atoms with van der Waals surface area (Å²) in [6.07, 6.45) is -0.442. The first-order valence-electron chi connectivity index (χ1n) is 5.78. The molecule has 0 aliphatic heterocycles. The predicted octanol–water partition coefficient (Wildman–Crippen LogP) is 2.12. The van der Waals surface area contributed by atoms with Crippen LogP contribution in [0.2, 0.25) is 0 Å². The lowest BCUT2D eigenvalue weighted by atomic mass is 10.1. The average molecular weight is 223 g/mol. The molecule has 0 bridgehead atoms. The van der Waals surface area contributed by atoms with Crippen LogP contribution in [0.1, 0.15) is 32.4 Å². The number of benzene rings is 1. The average Bonchev–Trinajstić information content (AvgIpc) is 2.27. The van der Waals surface area contributed by atoms with Crippen molar-refractivity contribution in [2.45, 2.75) is 32.9 Å². The smallest absolute Gasteiger partial charge is 0.124 e. The highest BCUT2D eigenvalue weighted by molar-refractivity contribution is 5.35. The minimum Gasteiger partial charge on any atom is -0.491 e. The minimum absolute atomic E-state index is 0.259. The monoisotopic (exact) mass is 223 g/mol. The summed E-state index contributed by atoms with van der Waals surface area (Å²) in [7, 11) is 0. The SMILES string of the molecule is CCNC(C)c1ccccc1OCC(C)O. The summed E-state index contributed by atoms with van der Waals surface area (Å²) in [6.45, 7) is 7.15. The highest BCUT2D eigenvalue weighted by Gasteiger charge is 2.10. The van der Waals surface area contributed by atoms with E-state index in [0.717, 1.165) is 17.9 Å². The van der Waals surface area contributed by atoms with Crippen molar-refractivity contribution in [1.82, 2.24) is 5.32 Å². The Morgan fingerprint density at radius 3 is 2.62 bits per heavy atom. The molecule has 0 spiro atoms. The van der Waals surface area contributed by atoms with E-state index in [1.165, 1.54) is 0 Å². The summed E-state index contributed by atoms with van der Waals surface area (Å²) in [5, 5.41) is 12.6. The zero-order valence-electron chi connectivity index (χ0n) is 10.2. The molecule has 2 N–H and O–H groups in total. The zero-order chi connectivity index (χ0) is 12.0. The Labute approximate surface area is 97.4 Å². The number of aliphatic hydroxyl groups is 1. The Morgan fingerprint density at radius 2 is 2.00 bits per heavy atom. The molecule has 2 unspecified atom stereocenters. The second kappa shape index (κ2) is 6.51. The fraction of sp³-hybridized carbons (Fsp3) is 0.538. The van der Waals surface area contributed by atoms with Crippen molar-refractivity contribution >= 4 is 0 Å². The molecule has 0 radical (unpaired) electrons. The molecule has 1 rings (SSSR count). The van der Waals surface area contributed by atoms with Crippen LogP contribution in [0, 0.1) is 0 Å². The Bertz CT molecular complexity index is 313. The van der Waals surface area contributed by atoms with Gasteiger partial charge in [-0.05, 0) is 26.5 Å². The maximum absolute atomic E-state index is 9.21. The molecule has 0 fully saturated rings. The van der Waals surface area contributed by atoms with Gasteiger partial charge in [0.2, 0.25) is 0 Å². The van der Waals surface area contributed by atoms with Crippen molar-refractivity contribution in [2.75, 3.05) is 13.2 Å². The second-order valence-electron chi connectivity index (χ2n) is 3.98. The van der Waals surface area contributed by atoms with E-state index in [9.17, 15) is 5.11 Å². The van der Waals surface area contributed by atoms with E-state index in [4.69, 9.17) is 4.74 Å². The minimum atomic E-state index is -0.442. The van der Waals surface area contributed by atoms with Gasteiger partial charge in [-0.25, -0.2) is 0 Å². The van der Waals surface area contributed by atoms with Crippen molar-refractivity contribution in [3.05, 3.63) is 29.8 Å². The molecule has 16 heavy (non-hydrogen) atoms. The summed E-state index contributed by atoms with van der Waals surface area (Å²) in [6, 6.07) is 8.18. The number of nitrogens with one attached hydrogen (secondary N) is 1. The summed E-state index contributed by atoms with van der Waals surface area (Å²) >= 11 is 0. The molecule has 3 heteroatoms. The number of ether oxygens (including phenoxy) is 1. The molecule has 0 aromatic heterocycles. The maximum atomic E-state index is 9.21. The molecule has 0 amide bonds. The molecule has 0 aliphatic carbocycles. The molecule has 2 atom stereocenters. The van der Waals surface area contributed by atoms with E-state index in [2.05, 4.69) is 19.2 Å². The van der Waals surface area contributed by atoms with Gasteiger partial charge in [0.1, 0.15) is 12.4 Å². The summed E-state index contributed by atoms with van der Waals surface area (Å²) in [5.74, 6) is 0.844. The Morgan fingerprint density at radius 1 is 1.31 bits per heavy atom. The molecule has 0 heterocycles. The highest BCUT2D eigenvalue weighted by Crippen LogP contribution is 2.24. The van der Waals surface area contributed by atoms with Gasteiger partial charge in [0.05, 0.1) is 6.10 Å². The molecule has 90 valence electrons. The largest absolute Gasteiger partial charge is 0.491 e. The number of rotatable bonds is 6. The molecule has 3 nitrogen and oxygen atoms in total. The van der Waals surface area contributed by atoms with E-state index in [-0.39, 0.29) is 6.04 Å². The molecular weight excluding hydrogens is 202 g/mol. The van der Waals surface area contributed by atoms with Crippen LogP contribution in [0.25, 0.3) is 0 Å². The van der Waals surface area contributed by atoms with Crippen LogP contribution >= 0.6 is 0 Å². The maximum Gasteiger partial charge on any atom is 0.124 e. The molecule has 1 aromatic rings. The van der Waals surface area contributed by atoms with Crippen LogP contribution in [0.15, 0.2) is 24.3 Å². The Balaban J connectivity index is 2.74. The van der Waals surface area contributed by atoms with Crippen molar-refractivity contribution in [1.29, 1.82) is 0 Å². The van der Waals surface area contributed by atoms with Crippen molar-refractivity contribution in [2.24, 2.45) is 0 Å². The topological polar surface area (TPSA) is 41.5 Å². The predicted molar refractivity (Wildman–Crippen MR) is 65.7 cm³/mol. The van der Waals surface area contributed by atoms with Gasteiger partial charge in [-0.3, -0.25) is 0 Å². The van der Waals surface area contributed by atoms with Crippen LogP contribution in [-0.2, 0) is 0 Å². The molecule has 1 aromatic carbocycles. The molecule has 0 saturated heterocycles. The van der Waals surface area contributed by atoms with Crippen molar-refractivity contribution in [3.8, 4) is 5.75 Å². The van der Waals surface area contributed by atoms with Gasteiger partial charge in [-0.2, -0.15) is 0 Å². The fourth-order valence-electron chi connectivity index (χ4n) is 1.60. The standard InChI is InChI=1S/C13H21NO2/c1-4-14-11(3)12-7-5-6-8-13(12)16-9-10(2)15/h5-8,10-11,14-15H,4,9H2,1-3H3. The van der Waals surface area contributed by atoms with E-state index in [0.29, 0.717) is 6.61 Å². The van der Waals surface area contributed by atoms with Crippen LogP contribution in [0.3, 0.4) is 0 Å². The number of hydrogen-bond acceptors (Lipinski definition) is 3. The molecule has 0 aliphatic rings. The quantitative estimate of drug-likeness (QED) is 0.776. The lowest BCUT2D eigenvalue weighted by Gasteiger charge is -2.18. The Hall–Kier alpha value is -1.06. The number of aliphatic hydroxyl groups excluding tert-OH is 1. The first kappa shape index (κ1) is 13.0. The second-order valence-corrected chi connectivity index (χ2v) is 3.98. The van der Waals surface area contributed by atoms with Crippen molar-refractivity contribution in [3.63, 3.8) is 0 Å². The van der Waals surface area contributed by atoms with Gasteiger partial charge in [-0.1, -0.05) is 25.1 Å². The van der Waals surface area contributed by atoms with Gasteiger partial charge >= 0.3 is 0 Å². The third-order valence-corrected chi connectivity index (χ3v) is 2.38. The third kappa shape index (κ3) is 3.83. The highest BCUT2D eigenvalue weighted by atomic mass is 16.5. The normalized spacial score (nSPS) is 14.5. The third-order valence-electron chi connectivity index (χ3n) is 2.38. The fourth-order valence-corrected chi connectivity index (χ4v) is 1.60. The van der Waals surface area contributed by atoms with E-state index >= 15 is 0 Å². The van der Waals surface area contributed by atoms with Gasteiger partial charge in [-0.15, -0.1) is 0 Å². The molecular formula is C13H21NO2. The van der Waals surface area contributed by atoms with Crippen LogP contribution in [0.5, 0.6) is 5.75 Å². The number of para-hydroxylation sites is 1. The Kier molecular flexibility index (Phi) is 5.29. The first-order valence-corrected chi connectivity index (χ1v) is 5.78. The van der Waals surface area contributed by atoms with E-state index < -0.39 is 6.10 Å². The summed E-state index contributed by atoms with van der Waals surface area (Å²) < 4.78 is 5.58. The zero-order valence-corrected chi connectivity index (χ0v) is 10.2. The molecule has 0 saturated carbocycles. The lowest BCUT2D eigenvalue weighted by molar-refractivity contribution is 0.122. The van der Waals surface area contributed by atoms with Gasteiger partial charge in [0, 0.05) is 11.6 Å². The van der Waals surface area contributed by atoms with Gasteiger partial charge in [0.15, 0.2) is 0 Å². The van der Waals surface area contributed by atoms with Gasteiger partial charge in [0.25, 0.3) is 0 Å². The summed E-state index contributed by atoms with van der Waals surface area (Å²) in [4.78, 5) is 0. The van der Waals surface area contributed by atoms with E-state index in [1.54, 1.807) is 6.92 Å². The summed E-state index contributed by atoms with van der Waals surface area (Å²) in [5.41, 5.74) is 1.13. The lowest BCUT2D eigenvalue weighted by Crippen LogP contribution is -2.20. The van der Waals surface area contributed by atoms with Crippen LogP contribution < -0.4 is 10.1 Å². The van der Waals surface area contributed by atoms with Crippen LogP contribution in [0.4, 0.5) is 0 Å². The van der Waals surface area contributed by atoms with Crippen LogP contribution in [-0.4, -0.2) is 24.4 Å². The van der Waals surface area contributed by atoms with Crippen molar-refractivity contribution < 1.29 is 9.84 Å². The van der Waals surface area contributed by atoms with Gasteiger partial charge < -0.3 is 15.2 Å². The first-order chi connectivity index (χ1) is 7.65. The number of hydrogen-bond donors (Lipinski definition) is 2.